The number of carbonyl (C=O) groups is 1. The van der Waals surface area contributed by atoms with Crippen LogP contribution in [0.15, 0.2) is 57.8 Å². The molecule has 0 fully saturated rings. The fourth-order valence-corrected chi connectivity index (χ4v) is 4.31. The number of nitrogens with zero attached hydrogens (tertiary/aromatic N) is 2. The number of benzene rings is 2. The first-order chi connectivity index (χ1) is 12.6. The second-order valence-corrected chi connectivity index (χ2v) is 8.78. The lowest BCUT2D eigenvalue weighted by Crippen LogP contribution is -2.41. The molecule has 0 heterocycles. The lowest BCUT2D eigenvalue weighted by molar-refractivity contribution is 0.175. The van der Waals surface area contributed by atoms with Gasteiger partial charge in [-0.25, -0.2) is 13.4 Å². The Morgan fingerprint density at radius 1 is 1.07 bits per heavy atom. The van der Waals surface area contributed by atoms with Crippen molar-refractivity contribution in [3.8, 4) is 0 Å². The van der Waals surface area contributed by atoms with Crippen LogP contribution < -0.4 is 4.72 Å². The fraction of sp³-hybridized carbons (Fsp3) is 0.350. The zero-order chi connectivity index (χ0) is 20.2. The Hall–Kier alpha value is -2.41. The molecule has 0 aliphatic heterocycles. The van der Waals surface area contributed by atoms with E-state index >= 15 is 0 Å². The van der Waals surface area contributed by atoms with Crippen LogP contribution in [0, 0.1) is 12.7 Å². The Balaban J connectivity index is 2.55. The highest BCUT2D eigenvalue weighted by molar-refractivity contribution is 7.95. The van der Waals surface area contributed by atoms with E-state index in [-0.39, 0.29) is 12.1 Å². The van der Waals surface area contributed by atoms with Gasteiger partial charge in [0.1, 0.15) is 5.82 Å². The van der Waals surface area contributed by atoms with Gasteiger partial charge in [-0.3, -0.25) is 4.72 Å². The number of hydrogen-bond acceptors (Lipinski definition) is 2. The Morgan fingerprint density at radius 3 is 2.19 bits per heavy atom. The van der Waals surface area contributed by atoms with Gasteiger partial charge >= 0.3 is 6.03 Å². The van der Waals surface area contributed by atoms with Crippen LogP contribution in [-0.4, -0.2) is 27.2 Å². The summed E-state index contributed by atoms with van der Waals surface area (Å²) in [5.41, 5.74) is 0.773. The number of aryl methyl sites for hydroxylation is 1. The maximum Gasteiger partial charge on any atom is 0.353 e. The molecule has 2 amide bonds. The van der Waals surface area contributed by atoms with E-state index in [0.717, 1.165) is 0 Å². The summed E-state index contributed by atoms with van der Waals surface area (Å²) < 4.78 is 34.4. The van der Waals surface area contributed by atoms with Crippen LogP contribution in [0.2, 0.25) is 0 Å². The van der Waals surface area contributed by atoms with E-state index in [0.29, 0.717) is 16.1 Å². The largest absolute Gasteiger partial charge is 0.353 e. The number of rotatable bonds is 5. The summed E-state index contributed by atoms with van der Waals surface area (Å²) in [6.07, 6.45) is 0. The topological polar surface area (TPSA) is 61.8 Å². The van der Waals surface area contributed by atoms with Crippen molar-refractivity contribution >= 4 is 21.6 Å². The summed E-state index contributed by atoms with van der Waals surface area (Å²) in [6.45, 7) is 9.15. The summed E-state index contributed by atoms with van der Waals surface area (Å²) in [6, 6.07) is 12.2. The van der Waals surface area contributed by atoms with Gasteiger partial charge in [0, 0.05) is 12.1 Å². The fourth-order valence-electron chi connectivity index (χ4n) is 2.75. The average molecular weight is 392 g/mol. The second-order valence-electron chi connectivity index (χ2n) is 6.87. The van der Waals surface area contributed by atoms with E-state index in [9.17, 15) is 13.4 Å². The first kappa shape index (κ1) is 20.9. The van der Waals surface area contributed by atoms with Gasteiger partial charge in [0.2, 0.25) is 0 Å². The van der Waals surface area contributed by atoms with E-state index in [2.05, 4.69) is 9.08 Å². The molecule has 0 radical (unpaired) electrons. The molecule has 0 saturated heterocycles. The quantitative estimate of drug-likeness (QED) is 0.759. The number of urea groups is 1. The number of anilines is 1. The summed E-state index contributed by atoms with van der Waals surface area (Å²) >= 11 is 0. The van der Waals surface area contributed by atoms with Crippen molar-refractivity contribution in [1.82, 2.24) is 4.90 Å². The number of hydrogen-bond donors (Lipinski definition) is 1. The van der Waals surface area contributed by atoms with Gasteiger partial charge in [-0.1, -0.05) is 24.3 Å². The molecule has 27 heavy (non-hydrogen) atoms. The van der Waals surface area contributed by atoms with Gasteiger partial charge < -0.3 is 4.90 Å². The molecule has 1 unspecified atom stereocenters. The van der Waals surface area contributed by atoms with Crippen molar-refractivity contribution < 1.29 is 13.4 Å². The van der Waals surface area contributed by atoms with E-state index in [1.807, 2.05) is 27.7 Å². The molecule has 146 valence electrons. The molecule has 1 N–H and O–H groups in total. The van der Waals surface area contributed by atoms with Crippen LogP contribution in [-0.2, 0) is 9.92 Å². The average Bonchev–Trinajstić information content (AvgIpc) is 2.58. The third-order valence-electron chi connectivity index (χ3n) is 4.03. The molecule has 2 aromatic carbocycles. The minimum atomic E-state index is -3.34. The number of amides is 2. The number of halogens is 1. The summed E-state index contributed by atoms with van der Waals surface area (Å²) in [7, 11) is -3.34. The standard InChI is InChI=1S/C20H26FN3O2S/c1-14(2)24(15(3)4)20(25)23-27(26,18-9-7-6-8-10-18)22-17-12-11-16(5)19(21)13-17/h6-15H,1-5H3,(H,22,23,25,26). The predicted molar refractivity (Wildman–Crippen MR) is 108 cm³/mol. The van der Waals surface area contributed by atoms with E-state index in [4.69, 9.17) is 0 Å². The molecule has 0 spiro atoms. The molecule has 0 bridgehead atoms. The highest BCUT2D eigenvalue weighted by atomic mass is 32.2. The number of carbonyl (C=O) groups excluding carboxylic acids is 1. The van der Waals surface area contributed by atoms with Crippen LogP contribution in [0.25, 0.3) is 0 Å². The molecule has 0 aromatic heterocycles. The van der Waals surface area contributed by atoms with Crippen molar-refractivity contribution in [3.63, 3.8) is 0 Å². The van der Waals surface area contributed by atoms with Crippen LogP contribution in [0.5, 0.6) is 0 Å². The van der Waals surface area contributed by atoms with Gasteiger partial charge in [-0.2, -0.15) is 0 Å². The molecular formula is C20H26FN3O2S. The molecule has 0 saturated carbocycles. The van der Waals surface area contributed by atoms with E-state index < -0.39 is 21.8 Å². The predicted octanol–water partition coefficient (Wildman–Crippen LogP) is 5.23. The smallest absolute Gasteiger partial charge is 0.317 e. The Bertz CT molecular complexity index is 912. The Morgan fingerprint density at radius 2 is 1.67 bits per heavy atom. The monoisotopic (exact) mass is 391 g/mol. The highest BCUT2D eigenvalue weighted by Crippen LogP contribution is 2.21. The van der Waals surface area contributed by atoms with Crippen molar-refractivity contribution in [2.75, 3.05) is 4.72 Å². The van der Waals surface area contributed by atoms with Crippen molar-refractivity contribution in [1.29, 1.82) is 0 Å². The maximum atomic E-state index is 13.9. The molecule has 2 rings (SSSR count). The molecule has 0 aliphatic rings. The van der Waals surface area contributed by atoms with Crippen molar-refractivity contribution in [2.45, 2.75) is 51.6 Å². The molecule has 7 heteroatoms. The third kappa shape index (κ3) is 5.07. The van der Waals surface area contributed by atoms with Crippen LogP contribution >= 0.6 is 0 Å². The van der Waals surface area contributed by atoms with Gasteiger partial charge in [0.05, 0.1) is 10.6 Å². The molecule has 5 nitrogen and oxygen atoms in total. The van der Waals surface area contributed by atoms with E-state index in [1.54, 1.807) is 54.3 Å². The van der Waals surface area contributed by atoms with Crippen LogP contribution in [0.3, 0.4) is 0 Å². The normalized spacial score (nSPS) is 13.3. The van der Waals surface area contributed by atoms with E-state index in [1.165, 1.54) is 6.07 Å². The SMILES string of the molecule is Cc1ccc(NS(=O)(=NC(=O)N(C(C)C)C(C)C)c2ccccc2)cc1F. The lowest BCUT2D eigenvalue weighted by Gasteiger charge is -2.29. The highest BCUT2D eigenvalue weighted by Gasteiger charge is 2.23. The van der Waals surface area contributed by atoms with Gasteiger partial charge in [-0.05, 0) is 64.4 Å². The Kier molecular flexibility index (Phi) is 6.59. The summed E-state index contributed by atoms with van der Waals surface area (Å²) in [5.74, 6) is -0.424. The zero-order valence-electron chi connectivity index (χ0n) is 16.3. The lowest BCUT2D eigenvalue weighted by atomic mass is 10.2. The molecule has 0 aliphatic carbocycles. The first-order valence-electron chi connectivity index (χ1n) is 8.82. The third-order valence-corrected chi connectivity index (χ3v) is 5.87. The molecule has 2 aromatic rings. The summed E-state index contributed by atoms with van der Waals surface area (Å²) in [5, 5.41) is 0. The van der Waals surface area contributed by atoms with Crippen molar-refractivity contribution in [3.05, 3.63) is 59.9 Å². The second kappa shape index (κ2) is 8.52. The van der Waals surface area contributed by atoms with Gasteiger partial charge in [0.15, 0.2) is 9.92 Å². The maximum absolute atomic E-state index is 13.9. The Labute approximate surface area is 160 Å². The zero-order valence-corrected chi connectivity index (χ0v) is 17.1. The minimum absolute atomic E-state index is 0.0995. The molecular weight excluding hydrogens is 365 g/mol. The van der Waals surface area contributed by atoms with Crippen LogP contribution in [0.1, 0.15) is 33.3 Å². The van der Waals surface area contributed by atoms with Crippen LogP contribution in [0.4, 0.5) is 14.9 Å². The minimum Gasteiger partial charge on any atom is -0.317 e. The van der Waals surface area contributed by atoms with Gasteiger partial charge in [-0.15, -0.1) is 4.36 Å². The summed E-state index contributed by atoms with van der Waals surface area (Å²) in [4.78, 5) is 14.7. The van der Waals surface area contributed by atoms with Gasteiger partial charge in [0.25, 0.3) is 0 Å². The van der Waals surface area contributed by atoms with Crippen molar-refractivity contribution in [2.24, 2.45) is 4.36 Å². The first-order valence-corrected chi connectivity index (χ1v) is 10.3. The number of nitrogens with one attached hydrogen (secondary N) is 1. The molecule has 1 atom stereocenters.